The van der Waals surface area contributed by atoms with E-state index >= 15 is 0 Å². The Balaban J connectivity index is 1.60. The molecule has 0 aliphatic carbocycles. The first-order valence-electron chi connectivity index (χ1n) is 8.83. The zero-order valence-corrected chi connectivity index (χ0v) is 15.2. The molecule has 1 atom stereocenters. The van der Waals surface area contributed by atoms with Crippen LogP contribution in [0.4, 0.5) is 5.69 Å². The Labute approximate surface area is 157 Å². The molecule has 2 aliphatic heterocycles. The van der Waals surface area contributed by atoms with E-state index < -0.39 is 0 Å². The van der Waals surface area contributed by atoms with Crippen LogP contribution in [0.25, 0.3) is 0 Å². The molecular weight excluding hydrogens is 342 g/mol. The number of carbonyl (C=O) groups is 1. The van der Waals surface area contributed by atoms with Gasteiger partial charge in [-0.15, -0.1) is 15.3 Å². The minimum Gasteiger partial charge on any atom is -0.494 e. The van der Waals surface area contributed by atoms with Crippen molar-refractivity contribution < 1.29 is 9.53 Å². The molecule has 0 bridgehead atoms. The Morgan fingerprint density at radius 2 is 2.00 bits per heavy atom. The lowest BCUT2D eigenvalue weighted by molar-refractivity contribution is -0.111. The highest BCUT2D eigenvalue weighted by Gasteiger charge is 2.32. The minimum absolute atomic E-state index is 0.0519. The van der Waals surface area contributed by atoms with Gasteiger partial charge in [0.2, 0.25) is 0 Å². The summed E-state index contributed by atoms with van der Waals surface area (Å²) >= 11 is 0. The van der Waals surface area contributed by atoms with Crippen LogP contribution in [-0.2, 0) is 4.79 Å². The molecule has 2 heterocycles. The molecule has 0 N–H and O–H groups in total. The fourth-order valence-electron chi connectivity index (χ4n) is 3.15. The van der Waals surface area contributed by atoms with Gasteiger partial charge in [0.25, 0.3) is 5.91 Å². The van der Waals surface area contributed by atoms with Crippen molar-refractivity contribution in [2.45, 2.75) is 19.4 Å². The summed E-state index contributed by atoms with van der Waals surface area (Å²) in [7, 11) is 1.72. The monoisotopic (exact) mass is 361 g/mol. The van der Waals surface area contributed by atoms with Gasteiger partial charge in [-0.2, -0.15) is 5.11 Å². The second-order valence-electron chi connectivity index (χ2n) is 6.29. The van der Waals surface area contributed by atoms with Crippen molar-refractivity contribution in [3.05, 3.63) is 59.7 Å². The summed E-state index contributed by atoms with van der Waals surface area (Å²) in [4.78, 5) is 14.1. The van der Waals surface area contributed by atoms with Crippen molar-refractivity contribution in [2.75, 3.05) is 18.6 Å². The summed E-state index contributed by atoms with van der Waals surface area (Å²) in [6.45, 7) is 2.47. The van der Waals surface area contributed by atoms with E-state index in [0.717, 1.165) is 11.3 Å². The van der Waals surface area contributed by atoms with Gasteiger partial charge in [-0.3, -0.25) is 4.79 Å². The second kappa shape index (κ2) is 7.11. The number of rotatable bonds is 4. The van der Waals surface area contributed by atoms with Gasteiger partial charge in [-0.05, 0) is 30.7 Å². The molecular formula is C20H19N5O2. The first kappa shape index (κ1) is 17.1. The molecule has 27 heavy (non-hydrogen) atoms. The predicted molar refractivity (Wildman–Crippen MR) is 104 cm³/mol. The van der Waals surface area contributed by atoms with E-state index in [-0.39, 0.29) is 11.9 Å². The van der Waals surface area contributed by atoms with E-state index in [4.69, 9.17) is 4.74 Å². The summed E-state index contributed by atoms with van der Waals surface area (Å²) < 4.78 is 5.54. The largest absolute Gasteiger partial charge is 0.494 e. The number of hydrogen-bond donors (Lipinski definition) is 0. The highest BCUT2D eigenvalue weighted by atomic mass is 16.5. The molecule has 0 aromatic heterocycles. The Hall–Kier alpha value is -3.35. The maximum atomic E-state index is 12.6. The number of amides is 1. The second-order valence-corrected chi connectivity index (χ2v) is 6.29. The lowest BCUT2D eigenvalue weighted by Gasteiger charge is -2.09. The van der Waals surface area contributed by atoms with E-state index in [1.54, 1.807) is 11.9 Å². The van der Waals surface area contributed by atoms with Crippen LogP contribution in [0.3, 0.4) is 0 Å². The van der Waals surface area contributed by atoms with Gasteiger partial charge >= 0.3 is 0 Å². The van der Waals surface area contributed by atoms with Gasteiger partial charge in [0.05, 0.1) is 12.3 Å². The van der Waals surface area contributed by atoms with Crippen molar-refractivity contribution in [3.63, 3.8) is 0 Å². The third-order valence-electron chi connectivity index (χ3n) is 4.54. The minimum atomic E-state index is -0.197. The van der Waals surface area contributed by atoms with Crippen LogP contribution in [0, 0.1) is 0 Å². The van der Waals surface area contributed by atoms with Gasteiger partial charge < -0.3 is 9.64 Å². The third kappa shape index (κ3) is 3.23. The molecule has 4 rings (SSSR count). The molecule has 2 aromatic carbocycles. The molecule has 7 heteroatoms. The number of ether oxygens (including phenoxy) is 1. The smallest absolute Gasteiger partial charge is 0.279 e. The van der Waals surface area contributed by atoms with Gasteiger partial charge in [-0.25, -0.2) is 0 Å². The Bertz CT molecular complexity index is 966. The van der Waals surface area contributed by atoms with Crippen molar-refractivity contribution in [1.82, 2.24) is 0 Å². The zero-order valence-electron chi connectivity index (χ0n) is 15.2. The number of benzene rings is 2. The number of amidine groups is 1. The molecule has 0 saturated carbocycles. The Kier molecular flexibility index (Phi) is 4.50. The predicted octanol–water partition coefficient (Wildman–Crippen LogP) is 3.76. The normalized spacial score (nSPS) is 21.3. The molecule has 2 aromatic rings. The van der Waals surface area contributed by atoms with E-state index in [1.165, 1.54) is 0 Å². The van der Waals surface area contributed by atoms with Gasteiger partial charge in [-0.1, -0.05) is 30.3 Å². The van der Waals surface area contributed by atoms with E-state index in [2.05, 4.69) is 20.4 Å². The molecule has 0 saturated heterocycles. The molecule has 136 valence electrons. The number of fused-ring (bicyclic) bond motifs is 1. The average Bonchev–Trinajstić information content (AvgIpc) is 3.25. The summed E-state index contributed by atoms with van der Waals surface area (Å²) in [5.41, 5.74) is 2.88. The Morgan fingerprint density at radius 1 is 1.19 bits per heavy atom. The standard InChI is InChI=1S/C20H19N5O2/c1-3-27-14-9-10-17-15(11-14)19(20(26)25(17)2)24-23-18-12-16(21-22-18)13-7-5-4-6-8-13/h4-11,16H,3,12H2,1-2H3/b23-18+,24-19-. The average molecular weight is 361 g/mol. The molecule has 1 unspecified atom stereocenters. The summed E-state index contributed by atoms with van der Waals surface area (Å²) in [6.07, 6.45) is 0.566. The zero-order chi connectivity index (χ0) is 18.8. The molecule has 1 amide bonds. The van der Waals surface area contributed by atoms with E-state index in [9.17, 15) is 4.79 Å². The maximum Gasteiger partial charge on any atom is 0.279 e. The van der Waals surface area contributed by atoms with Gasteiger partial charge in [0.15, 0.2) is 11.5 Å². The lowest BCUT2D eigenvalue weighted by atomic mass is 10.1. The molecule has 0 spiro atoms. The van der Waals surface area contributed by atoms with Crippen molar-refractivity contribution >= 4 is 23.1 Å². The number of likely N-dealkylation sites (N-methyl/N-ethyl adjacent to an activating group) is 1. The molecule has 0 fully saturated rings. The van der Waals surface area contributed by atoms with Crippen LogP contribution in [-0.4, -0.2) is 31.1 Å². The van der Waals surface area contributed by atoms with Crippen LogP contribution < -0.4 is 9.64 Å². The number of anilines is 1. The number of azo groups is 1. The fraction of sp³-hybridized carbons (Fsp3) is 0.250. The fourth-order valence-corrected chi connectivity index (χ4v) is 3.15. The first-order chi connectivity index (χ1) is 13.2. The topological polar surface area (TPSA) is 79.0 Å². The molecule has 7 nitrogen and oxygen atoms in total. The number of hydrogen-bond acceptors (Lipinski definition) is 5. The van der Waals surface area contributed by atoms with Gasteiger partial charge in [0.1, 0.15) is 11.8 Å². The highest BCUT2D eigenvalue weighted by molar-refractivity contribution is 6.54. The number of nitrogens with zero attached hydrogens (tertiary/aromatic N) is 5. The first-order valence-corrected chi connectivity index (χ1v) is 8.83. The maximum absolute atomic E-state index is 12.6. The van der Waals surface area contributed by atoms with Crippen LogP contribution in [0.2, 0.25) is 0 Å². The molecule has 2 aliphatic rings. The van der Waals surface area contributed by atoms with Crippen LogP contribution in [0.1, 0.15) is 30.5 Å². The van der Waals surface area contributed by atoms with Crippen molar-refractivity contribution in [1.29, 1.82) is 0 Å². The van der Waals surface area contributed by atoms with Crippen molar-refractivity contribution in [3.8, 4) is 5.75 Å². The summed E-state index contributed by atoms with van der Waals surface area (Å²) in [5.74, 6) is 1.02. The number of carbonyl (C=O) groups excluding carboxylic acids is 1. The van der Waals surface area contributed by atoms with E-state index in [1.807, 2.05) is 55.5 Å². The lowest BCUT2D eigenvalue weighted by Crippen LogP contribution is -2.25. The SMILES string of the molecule is CCOc1ccc2c(c1)/C(=N/N=C1\CC(c3ccccc3)N=N1)C(=O)N2C. The van der Waals surface area contributed by atoms with E-state index in [0.29, 0.717) is 35.9 Å². The van der Waals surface area contributed by atoms with Crippen LogP contribution >= 0.6 is 0 Å². The Morgan fingerprint density at radius 3 is 2.78 bits per heavy atom. The van der Waals surface area contributed by atoms with Gasteiger partial charge in [0, 0.05) is 19.0 Å². The van der Waals surface area contributed by atoms with Crippen LogP contribution in [0.15, 0.2) is 69.0 Å². The molecule has 0 radical (unpaired) electrons. The van der Waals surface area contributed by atoms with Crippen molar-refractivity contribution in [2.24, 2.45) is 20.4 Å². The summed E-state index contributed by atoms with van der Waals surface area (Å²) in [6, 6.07) is 15.4. The third-order valence-corrected chi connectivity index (χ3v) is 4.54. The highest BCUT2D eigenvalue weighted by Crippen LogP contribution is 2.32. The quantitative estimate of drug-likeness (QED) is 0.777. The summed E-state index contributed by atoms with van der Waals surface area (Å²) in [5, 5.41) is 16.8. The van der Waals surface area contributed by atoms with Crippen LogP contribution in [0.5, 0.6) is 5.75 Å².